The molecule has 2 aromatic carbocycles. The Morgan fingerprint density at radius 2 is 1.19 bits per heavy atom. The molecule has 1 saturated heterocycles. The summed E-state index contributed by atoms with van der Waals surface area (Å²) < 4.78 is 12.6. The minimum atomic E-state index is -1.48. The van der Waals surface area contributed by atoms with Gasteiger partial charge in [0.25, 0.3) is 0 Å². The first-order valence-corrected chi connectivity index (χ1v) is 41.1. The summed E-state index contributed by atoms with van der Waals surface area (Å²) in [5.41, 5.74) is 19.5. The number of H-pyrrole nitrogens is 2. The van der Waals surface area contributed by atoms with Gasteiger partial charge >= 0.3 is 27.3 Å². The summed E-state index contributed by atoms with van der Waals surface area (Å²) in [5.74, 6) is -11.7. The van der Waals surface area contributed by atoms with E-state index in [4.69, 9.17) is 32.1 Å². The molecule has 0 saturated carbocycles. The average Bonchev–Trinajstić information content (AvgIpc) is 1.69. The maximum absolute atomic E-state index is 15.3. The van der Waals surface area contributed by atoms with Crippen LogP contribution in [0.3, 0.4) is 0 Å². The van der Waals surface area contributed by atoms with Crippen molar-refractivity contribution in [3.05, 3.63) is 102 Å². The van der Waals surface area contributed by atoms with Crippen molar-refractivity contribution < 1.29 is 86.8 Å². The first-order chi connectivity index (χ1) is 58.6. The van der Waals surface area contributed by atoms with Gasteiger partial charge in [-0.2, -0.15) is 0 Å². The molecule has 8 atom stereocenters. The molecule has 0 unspecified atom stereocenters. The van der Waals surface area contributed by atoms with E-state index in [2.05, 4.69) is 83.7 Å². The van der Waals surface area contributed by atoms with Crippen LogP contribution in [0.25, 0.3) is 10.9 Å². The van der Waals surface area contributed by atoms with Gasteiger partial charge in [0.05, 0.1) is 56.9 Å². The number of aliphatic carboxylic acids is 2. The fourth-order valence-corrected chi connectivity index (χ4v) is 13.8. The van der Waals surface area contributed by atoms with Gasteiger partial charge in [-0.3, -0.25) is 87.2 Å². The Hall–Kier alpha value is -11.1. The fourth-order valence-electron chi connectivity index (χ4n) is 13.8. The standard InChI is InChI=1S/C79H119N25O18.Pb/c1-3-4-18-59(90-51(2)105)72(114)96-65-41-55-44-104(99-98-55)26-13-11-21-60(73(115)91-58(71(81)113)20-10-12-23-85-68(108)49-122-37-36-121-35-25-86-67(107)46-101-29-33-102(47-69(109)110)31-27-100(45-66(80)106)28-32-103(34-30-101)48-70(111)112)92-76(118)63(39-53-42-88-57-19-9-8-17-56(53)57)95-74(116)61(22-14-24-87-79(82)83)93-75(117)62(38-52-15-6-5-7-16-52)94-77(119)64(97-78(65)120)40-54-43-84-50-89-54;/h5-9,15-17,19,42-44,50,58-65,88H,3-4,10-14,18,20-41,45-49H2,1-2H3,(H2,80,106)(H2,81,113)(H,84,89)(H,85,108)(H,86,107)(H,90,105)(H,91,115)(H,92,118)(H,93,117)(H,94,119)(H,95,116)(H,96,114)(H,97,120)(H,109,110)(H,111,112)(H4,82,83,87);/q;+2/p-2/t58-,59-,60-,61-,62+,63-,64-,65-;/m0./s1/i;1+5. The number of carboxylic acid groups (broad SMARTS) is 2. The second-order valence-electron chi connectivity index (χ2n) is 30.1. The topological polar surface area (TPSA) is 626 Å². The maximum atomic E-state index is 15.3. The zero-order valence-electron chi connectivity index (χ0n) is 69.5. The molecule has 0 spiro atoms. The van der Waals surface area contributed by atoms with Gasteiger partial charge in [0.2, 0.25) is 70.9 Å². The van der Waals surface area contributed by atoms with E-state index in [1.165, 1.54) is 30.3 Å². The van der Waals surface area contributed by atoms with Crippen LogP contribution >= 0.6 is 0 Å². The number of carboxylic acids is 2. The van der Waals surface area contributed by atoms with Gasteiger partial charge in [-0.15, -0.1) is 5.10 Å². The molecule has 0 aliphatic carbocycles. The number of rotatable bonds is 40. The van der Waals surface area contributed by atoms with Crippen molar-refractivity contribution in [1.82, 2.24) is 108 Å². The molecule has 123 heavy (non-hydrogen) atoms. The Labute approximate surface area is 732 Å². The molecule has 44 heteroatoms. The molecule has 670 valence electrons. The largest absolute Gasteiger partial charge is 2.00 e. The van der Waals surface area contributed by atoms with Crippen molar-refractivity contribution in [2.45, 2.75) is 165 Å². The summed E-state index contributed by atoms with van der Waals surface area (Å²) in [4.78, 5) is 208. The Morgan fingerprint density at radius 1 is 0.602 bits per heavy atom. The Kier molecular flexibility index (Phi) is 44.5. The third-order valence-corrected chi connectivity index (χ3v) is 20.3. The van der Waals surface area contributed by atoms with Gasteiger partial charge in [0.1, 0.15) is 54.9 Å². The number of para-hydroxylation sites is 1. The van der Waals surface area contributed by atoms with Crippen LogP contribution in [0.4, 0.5) is 0 Å². The molecule has 5 heterocycles. The fraction of sp³-hybridized carbons (Fsp3) is 0.570. The summed E-state index contributed by atoms with van der Waals surface area (Å²) in [6.45, 7) is 4.32. The number of nitrogens with one attached hydrogen (secondary N) is 14. The molecular weight excluding hydrogens is 1800 g/mol. The Bertz CT molecular complexity index is 4220. The second-order valence-corrected chi connectivity index (χ2v) is 30.1. The average molecular weight is 1920 g/mol. The minimum absolute atomic E-state index is 0. The van der Waals surface area contributed by atoms with Gasteiger partial charge in [-0.25, -0.2) is 4.98 Å². The van der Waals surface area contributed by atoms with E-state index in [1.807, 2.05) is 19.1 Å². The number of unbranched alkanes of at least 4 members (excludes halogenated alkanes) is 2. The number of fused-ring (bicyclic) bond motifs is 3. The zero-order valence-corrected chi connectivity index (χ0v) is 73.4. The SMILES string of the molecule is CCCC[C@H](NC(C)=O)C(=O)N[C@H]1Cc2cn(nn2)CCCC[C@@H](C(=O)N[C@@H](CCCCNC(=O)COCCOCCNC(=O)CN2CCN(CC(=O)[O-])CCN(CC(N)=O)CCN(CC(=O)[O-])CC2)C(N)=O)NC(=O)[C@H](Cc2c[nH]c3ccccc23)NC(=O)[C@H](CCCNC(=N)N)NC(=O)[C@@H](Cc2ccccc2)NC(=O)[C@H](Cc2cnc[nH]2)NC1=O.[212Pb+2]. The number of nitrogens with zero attached hydrogens (tertiary/aromatic N) is 8. The minimum Gasteiger partial charge on any atom is -0.549 e. The summed E-state index contributed by atoms with van der Waals surface area (Å²) in [5, 5.41) is 70.7. The predicted octanol–water partition coefficient (Wildman–Crippen LogP) is -7.96. The molecule has 2 aliphatic rings. The van der Waals surface area contributed by atoms with Gasteiger partial charge in [0, 0.05) is 159 Å². The van der Waals surface area contributed by atoms with Crippen molar-refractivity contribution in [1.29, 1.82) is 5.41 Å². The number of amides is 12. The van der Waals surface area contributed by atoms with Gasteiger partial charge in [0.15, 0.2) is 5.96 Å². The number of ether oxygens (including phenoxy) is 2. The van der Waals surface area contributed by atoms with E-state index in [0.29, 0.717) is 47.0 Å². The Morgan fingerprint density at radius 3 is 1.82 bits per heavy atom. The summed E-state index contributed by atoms with van der Waals surface area (Å²) in [6.07, 6.45) is 7.55. The number of nitrogens with two attached hydrogens (primary N) is 3. The number of imidazole rings is 1. The van der Waals surface area contributed by atoms with Crippen LogP contribution in [0, 0.1) is 5.41 Å². The number of guanidine groups is 1. The normalized spacial score (nSPS) is 19.3. The first-order valence-electron chi connectivity index (χ1n) is 41.1. The molecule has 3 aromatic heterocycles. The van der Waals surface area contributed by atoms with Gasteiger partial charge in [-0.1, -0.05) is 73.5 Å². The van der Waals surface area contributed by atoms with Crippen LogP contribution in [0.1, 0.15) is 107 Å². The van der Waals surface area contributed by atoms with Crippen molar-refractivity contribution in [3.63, 3.8) is 0 Å². The zero-order chi connectivity index (χ0) is 88.3. The molecular formula is C79H117N25O18Pb. The van der Waals surface area contributed by atoms with Crippen LogP contribution in [0.15, 0.2) is 79.5 Å². The van der Waals surface area contributed by atoms with E-state index in [-0.39, 0.29) is 240 Å². The monoisotopic (exact) mass is 1920 g/mol. The first kappa shape index (κ1) is 101. The number of carbonyl (C=O) groups excluding carboxylic acids is 14. The molecule has 1 fully saturated rings. The number of hydrogen-bond donors (Lipinski definition) is 17. The number of aromatic nitrogens is 6. The molecule has 2 radical (unpaired) electrons. The number of hydrogen-bond acceptors (Lipinski definition) is 26. The number of aryl methyl sites for hydroxylation is 1. The molecule has 5 aromatic rings. The van der Waals surface area contributed by atoms with Crippen molar-refractivity contribution >= 4 is 127 Å². The summed E-state index contributed by atoms with van der Waals surface area (Å²) in [6, 6.07) is 4.72. The molecule has 7 rings (SSSR count). The van der Waals surface area contributed by atoms with E-state index in [9.17, 15) is 58.2 Å². The quantitative estimate of drug-likeness (QED) is 0.00750. The maximum Gasteiger partial charge on any atom is 2.00 e. The van der Waals surface area contributed by atoms with E-state index in [0.717, 1.165) is 0 Å². The summed E-state index contributed by atoms with van der Waals surface area (Å²) >= 11 is 0. The second kappa shape index (κ2) is 54.4. The van der Waals surface area contributed by atoms with E-state index >= 15 is 19.2 Å². The number of benzene rings is 2. The van der Waals surface area contributed by atoms with E-state index in [1.54, 1.807) is 68.3 Å². The van der Waals surface area contributed by atoms with E-state index < -0.39 is 138 Å². The smallest absolute Gasteiger partial charge is 0.549 e. The third-order valence-electron chi connectivity index (χ3n) is 20.3. The van der Waals surface area contributed by atoms with Crippen molar-refractivity contribution in [2.75, 3.05) is 125 Å². The summed E-state index contributed by atoms with van der Waals surface area (Å²) in [7, 11) is 0. The third kappa shape index (κ3) is 38.0. The van der Waals surface area contributed by atoms with Crippen LogP contribution in [-0.4, -0.2) is 339 Å². The molecule has 2 bridgehead atoms. The molecule has 12 amide bonds. The number of carbonyl (C=O) groups is 14. The molecule has 20 N–H and O–H groups in total. The number of primary amides is 2. The predicted molar refractivity (Wildman–Crippen MR) is 443 cm³/mol. The van der Waals surface area contributed by atoms with Crippen molar-refractivity contribution in [3.8, 4) is 0 Å². The van der Waals surface area contributed by atoms with Gasteiger partial charge < -0.3 is 115 Å². The Balaban J connectivity index is 0.0000234. The molecule has 2 aliphatic heterocycles. The van der Waals surface area contributed by atoms with Crippen LogP contribution in [-0.2, 0) is 109 Å². The van der Waals surface area contributed by atoms with Crippen molar-refractivity contribution in [2.24, 2.45) is 17.2 Å². The van der Waals surface area contributed by atoms with Gasteiger partial charge in [-0.05, 0) is 75.0 Å². The molecule has 43 nitrogen and oxygen atoms in total. The number of aromatic amines is 2. The van der Waals surface area contributed by atoms with Crippen LogP contribution in [0.5, 0.6) is 0 Å². The van der Waals surface area contributed by atoms with Crippen LogP contribution < -0.4 is 85.9 Å². The van der Waals surface area contributed by atoms with Crippen LogP contribution in [0.2, 0.25) is 0 Å².